The summed E-state index contributed by atoms with van der Waals surface area (Å²) in [5.41, 5.74) is -0.273. The Hall–Kier alpha value is -0.530. The number of unbranched alkanes of at least 4 members (excludes halogenated alkanes) is 22. The van der Waals surface area contributed by atoms with Crippen LogP contribution in [-0.4, -0.2) is 12.6 Å². The maximum Gasteiger partial charge on any atom is 0.311 e. The van der Waals surface area contributed by atoms with E-state index in [1.807, 2.05) is 0 Å². The molecule has 2 heteroatoms. The van der Waals surface area contributed by atoms with Crippen LogP contribution in [0.5, 0.6) is 0 Å². The molecule has 36 heavy (non-hydrogen) atoms. The molecular formula is C34H68O2. The first-order chi connectivity index (χ1) is 17.6. The smallest absolute Gasteiger partial charge is 0.311 e. The predicted octanol–water partition coefficient (Wildman–Crippen LogP) is 12.1. The summed E-state index contributed by atoms with van der Waals surface area (Å²) in [5, 5.41) is 0. The predicted molar refractivity (Wildman–Crippen MR) is 161 cm³/mol. The lowest BCUT2D eigenvalue weighted by Crippen LogP contribution is -2.30. The summed E-state index contributed by atoms with van der Waals surface area (Å²) in [6.45, 7) is 9.53. The van der Waals surface area contributed by atoms with E-state index in [1.54, 1.807) is 0 Å². The Morgan fingerprint density at radius 3 is 1.14 bits per heavy atom. The molecule has 0 aliphatic heterocycles. The van der Waals surface area contributed by atoms with Gasteiger partial charge in [0, 0.05) is 0 Å². The topological polar surface area (TPSA) is 26.3 Å². The average Bonchev–Trinajstić information content (AvgIpc) is 2.87. The molecule has 0 aliphatic rings. The van der Waals surface area contributed by atoms with Gasteiger partial charge in [-0.25, -0.2) is 0 Å². The van der Waals surface area contributed by atoms with Crippen molar-refractivity contribution >= 4 is 5.97 Å². The standard InChI is InChI=1S/C34H68O2/c1-5-8-10-12-14-16-18-19-20-21-22-24-26-28-31-34(4,30-7-3)33(35)36-32-29-27-25-23-17-15-13-11-9-6-2/h5-32H2,1-4H3. The molecular weight excluding hydrogens is 440 g/mol. The fourth-order valence-electron chi connectivity index (χ4n) is 5.52. The van der Waals surface area contributed by atoms with Crippen LogP contribution in [0.25, 0.3) is 0 Å². The SMILES string of the molecule is CCCCCCCCCCCCCCCCC(C)(CCC)C(=O)OCCCCCCCCCCCC. The number of carbonyl (C=O) groups excluding carboxylic acids is 1. The Kier molecular flexibility index (Phi) is 27.1. The fraction of sp³-hybridized carbons (Fsp3) is 0.971. The van der Waals surface area contributed by atoms with E-state index >= 15 is 0 Å². The molecule has 0 spiro atoms. The maximum atomic E-state index is 12.9. The van der Waals surface area contributed by atoms with Crippen LogP contribution >= 0.6 is 0 Å². The Balaban J connectivity index is 3.71. The molecule has 0 N–H and O–H groups in total. The normalized spacial score (nSPS) is 13.1. The minimum atomic E-state index is -0.273. The molecule has 0 bridgehead atoms. The van der Waals surface area contributed by atoms with E-state index in [0.717, 1.165) is 25.7 Å². The molecule has 0 saturated carbocycles. The highest BCUT2D eigenvalue weighted by atomic mass is 16.5. The second-order valence-electron chi connectivity index (χ2n) is 12.0. The van der Waals surface area contributed by atoms with Gasteiger partial charge < -0.3 is 4.74 Å². The van der Waals surface area contributed by atoms with Crippen molar-refractivity contribution < 1.29 is 9.53 Å². The second kappa shape index (κ2) is 27.5. The van der Waals surface area contributed by atoms with Gasteiger partial charge >= 0.3 is 5.97 Å². The molecule has 2 nitrogen and oxygen atoms in total. The van der Waals surface area contributed by atoms with E-state index in [1.165, 1.54) is 148 Å². The summed E-state index contributed by atoms with van der Waals surface area (Å²) in [5.74, 6) is 0.0648. The summed E-state index contributed by atoms with van der Waals surface area (Å²) < 4.78 is 5.76. The minimum Gasteiger partial charge on any atom is -0.465 e. The number of carbonyl (C=O) groups is 1. The molecule has 1 unspecified atom stereocenters. The molecule has 0 amide bonds. The summed E-state index contributed by atoms with van der Waals surface area (Å²) >= 11 is 0. The van der Waals surface area contributed by atoms with Gasteiger partial charge in [-0.1, -0.05) is 175 Å². The Bertz CT molecular complexity index is 446. The number of esters is 1. The van der Waals surface area contributed by atoms with Crippen molar-refractivity contribution in [1.82, 2.24) is 0 Å². The highest BCUT2D eigenvalue weighted by molar-refractivity contribution is 5.76. The lowest BCUT2D eigenvalue weighted by molar-refractivity contribution is -0.156. The zero-order valence-corrected chi connectivity index (χ0v) is 25.6. The molecule has 0 aromatic rings. The van der Waals surface area contributed by atoms with Gasteiger partial charge in [-0.2, -0.15) is 0 Å². The van der Waals surface area contributed by atoms with Crippen molar-refractivity contribution in [2.75, 3.05) is 6.61 Å². The third-order valence-electron chi connectivity index (χ3n) is 8.11. The van der Waals surface area contributed by atoms with Crippen LogP contribution in [0.4, 0.5) is 0 Å². The Morgan fingerprint density at radius 2 is 0.778 bits per heavy atom. The van der Waals surface area contributed by atoms with Gasteiger partial charge in [0.1, 0.15) is 0 Å². The van der Waals surface area contributed by atoms with Gasteiger partial charge in [-0.15, -0.1) is 0 Å². The maximum absolute atomic E-state index is 12.9. The van der Waals surface area contributed by atoms with Gasteiger partial charge in [-0.3, -0.25) is 4.79 Å². The molecule has 0 heterocycles. The number of hydrogen-bond acceptors (Lipinski definition) is 2. The van der Waals surface area contributed by atoms with Gasteiger partial charge in [-0.05, 0) is 26.2 Å². The third kappa shape index (κ3) is 22.7. The van der Waals surface area contributed by atoms with Crippen molar-refractivity contribution in [3.8, 4) is 0 Å². The molecule has 0 aromatic carbocycles. The Labute approximate surface area is 228 Å². The molecule has 0 rings (SSSR count). The zero-order valence-electron chi connectivity index (χ0n) is 25.6. The molecule has 0 fully saturated rings. The van der Waals surface area contributed by atoms with Crippen LogP contribution < -0.4 is 0 Å². The van der Waals surface area contributed by atoms with E-state index in [4.69, 9.17) is 4.74 Å². The second-order valence-corrected chi connectivity index (χ2v) is 12.0. The average molecular weight is 509 g/mol. The fourth-order valence-corrected chi connectivity index (χ4v) is 5.52. The van der Waals surface area contributed by atoms with Crippen LogP contribution in [-0.2, 0) is 9.53 Å². The zero-order chi connectivity index (χ0) is 26.6. The number of hydrogen-bond donors (Lipinski definition) is 0. The van der Waals surface area contributed by atoms with Crippen LogP contribution in [0.15, 0.2) is 0 Å². The summed E-state index contributed by atoms with van der Waals surface area (Å²) in [6, 6.07) is 0. The Morgan fingerprint density at radius 1 is 0.444 bits per heavy atom. The third-order valence-corrected chi connectivity index (χ3v) is 8.11. The van der Waals surface area contributed by atoms with E-state index in [9.17, 15) is 4.79 Å². The van der Waals surface area contributed by atoms with Gasteiger partial charge in [0.15, 0.2) is 0 Å². The molecule has 0 aliphatic carbocycles. The van der Waals surface area contributed by atoms with E-state index in [2.05, 4.69) is 27.7 Å². The summed E-state index contributed by atoms with van der Waals surface area (Å²) in [6.07, 6.45) is 35.5. The highest BCUT2D eigenvalue weighted by Crippen LogP contribution is 2.32. The van der Waals surface area contributed by atoms with Crippen molar-refractivity contribution in [3.05, 3.63) is 0 Å². The quantitative estimate of drug-likeness (QED) is 0.0741. The lowest BCUT2D eigenvalue weighted by atomic mass is 9.80. The lowest BCUT2D eigenvalue weighted by Gasteiger charge is -2.27. The first-order valence-corrected chi connectivity index (χ1v) is 16.8. The molecule has 216 valence electrons. The highest BCUT2D eigenvalue weighted by Gasteiger charge is 2.33. The van der Waals surface area contributed by atoms with E-state index in [0.29, 0.717) is 6.61 Å². The first-order valence-electron chi connectivity index (χ1n) is 16.8. The van der Waals surface area contributed by atoms with E-state index in [-0.39, 0.29) is 11.4 Å². The van der Waals surface area contributed by atoms with Crippen LogP contribution in [0, 0.1) is 5.41 Å². The molecule has 1 atom stereocenters. The first kappa shape index (κ1) is 35.5. The van der Waals surface area contributed by atoms with Crippen LogP contribution in [0.3, 0.4) is 0 Å². The van der Waals surface area contributed by atoms with Crippen LogP contribution in [0.1, 0.15) is 201 Å². The van der Waals surface area contributed by atoms with Gasteiger partial charge in [0.05, 0.1) is 12.0 Å². The van der Waals surface area contributed by atoms with Gasteiger partial charge in [0.25, 0.3) is 0 Å². The van der Waals surface area contributed by atoms with Crippen molar-refractivity contribution in [2.24, 2.45) is 5.41 Å². The van der Waals surface area contributed by atoms with Crippen LogP contribution in [0.2, 0.25) is 0 Å². The summed E-state index contributed by atoms with van der Waals surface area (Å²) in [7, 11) is 0. The summed E-state index contributed by atoms with van der Waals surface area (Å²) in [4.78, 5) is 12.9. The number of ether oxygens (including phenoxy) is 1. The molecule has 0 aromatic heterocycles. The van der Waals surface area contributed by atoms with E-state index < -0.39 is 0 Å². The monoisotopic (exact) mass is 509 g/mol. The molecule has 0 saturated heterocycles. The molecule has 0 radical (unpaired) electrons. The van der Waals surface area contributed by atoms with Crippen molar-refractivity contribution in [3.63, 3.8) is 0 Å². The number of rotatable bonds is 29. The minimum absolute atomic E-state index is 0.0648. The van der Waals surface area contributed by atoms with Crippen molar-refractivity contribution in [2.45, 2.75) is 201 Å². The van der Waals surface area contributed by atoms with Gasteiger partial charge in [0.2, 0.25) is 0 Å². The largest absolute Gasteiger partial charge is 0.465 e. The van der Waals surface area contributed by atoms with Crippen molar-refractivity contribution in [1.29, 1.82) is 0 Å².